The average molecular weight is 253 g/mol. The van der Waals surface area contributed by atoms with Gasteiger partial charge in [-0.25, -0.2) is 0 Å². The topological polar surface area (TPSA) is 52.7 Å². The lowest BCUT2D eigenvalue weighted by Crippen LogP contribution is -2.54. The van der Waals surface area contributed by atoms with Crippen molar-refractivity contribution in [3.63, 3.8) is 0 Å². The predicted octanol–water partition coefficient (Wildman–Crippen LogP) is 0.0652. The Morgan fingerprint density at radius 1 is 1.11 bits per heavy atom. The molecule has 2 amide bonds. The fourth-order valence-corrected chi connectivity index (χ4v) is 2.86. The van der Waals surface area contributed by atoms with Gasteiger partial charge in [-0.2, -0.15) is 0 Å². The van der Waals surface area contributed by atoms with Gasteiger partial charge in [0.05, 0.1) is 5.92 Å². The minimum atomic E-state index is 0.106. The van der Waals surface area contributed by atoms with E-state index in [9.17, 15) is 9.59 Å². The third-order valence-corrected chi connectivity index (χ3v) is 4.12. The summed E-state index contributed by atoms with van der Waals surface area (Å²) >= 11 is 0. The Morgan fingerprint density at radius 3 is 2.28 bits per heavy atom. The van der Waals surface area contributed by atoms with E-state index in [0.717, 1.165) is 19.4 Å². The first kappa shape index (κ1) is 13.3. The molecule has 2 rings (SSSR count). The van der Waals surface area contributed by atoms with Crippen LogP contribution in [0.25, 0.3) is 0 Å². The SMILES string of the molecule is CC(=O)N1CCN(C(=O)C2CCCNC2C)CC1. The molecule has 102 valence electrons. The van der Waals surface area contributed by atoms with Crippen LogP contribution in [0.5, 0.6) is 0 Å². The highest BCUT2D eigenvalue weighted by atomic mass is 16.2. The van der Waals surface area contributed by atoms with Gasteiger partial charge >= 0.3 is 0 Å². The molecule has 2 aliphatic rings. The Balaban J connectivity index is 1.88. The number of nitrogens with one attached hydrogen (secondary N) is 1. The minimum Gasteiger partial charge on any atom is -0.339 e. The molecule has 5 heteroatoms. The second-order valence-electron chi connectivity index (χ2n) is 5.32. The van der Waals surface area contributed by atoms with E-state index in [0.29, 0.717) is 26.2 Å². The van der Waals surface area contributed by atoms with Gasteiger partial charge in [0, 0.05) is 39.1 Å². The third-order valence-electron chi connectivity index (χ3n) is 4.12. The molecule has 2 saturated heterocycles. The number of hydrogen-bond donors (Lipinski definition) is 1. The monoisotopic (exact) mass is 253 g/mol. The van der Waals surface area contributed by atoms with Crippen molar-refractivity contribution in [1.29, 1.82) is 0 Å². The van der Waals surface area contributed by atoms with Crippen molar-refractivity contribution in [2.45, 2.75) is 32.7 Å². The number of piperidine rings is 1. The first-order valence-corrected chi connectivity index (χ1v) is 6.87. The summed E-state index contributed by atoms with van der Waals surface area (Å²) in [4.78, 5) is 27.4. The highest BCUT2D eigenvalue weighted by Crippen LogP contribution is 2.19. The van der Waals surface area contributed by atoms with Gasteiger partial charge in [-0.1, -0.05) is 0 Å². The van der Waals surface area contributed by atoms with Gasteiger partial charge in [0.15, 0.2) is 0 Å². The summed E-state index contributed by atoms with van der Waals surface area (Å²) in [5.41, 5.74) is 0. The summed E-state index contributed by atoms with van der Waals surface area (Å²) < 4.78 is 0. The van der Waals surface area contributed by atoms with Crippen molar-refractivity contribution in [1.82, 2.24) is 15.1 Å². The summed E-state index contributed by atoms with van der Waals surface area (Å²) in [6.07, 6.45) is 2.06. The number of rotatable bonds is 1. The van der Waals surface area contributed by atoms with E-state index in [4.69, 9.17) is 0 Å². The predicted molar refractivity (Wildman–Crippen MR) is 69.0 cm³/mol. The first-order valence-electron chi connectivity index (χ1n) is 6.87. The minimum absolute atomic E-state index is 0.106. The van der Waals surface area contributed by atoms with Crippen LogP contribution in [-0.4, -0.2) is 60.4 Å². The lowest BCUT2D eigenvalue weighted by molar-refractivity contribution is -0.142. The summed E-state index contributed by atoms with van der Waals surface area (Å²) in [5, 5.41) is 3.37. The molecule has 2 unspecified atom stereocenters. The number of piperazine rings is 1. The molecule has 1 N–H and O–H groups in total. The van der Waals surface area contributed by atoms with Crippen molar-refractivity contribution < 1.29 is 9.59 Å². The van der Waals surface area contributed by atoms with Crippen molar-refractivity contribution in [3.05, 3.63) is 0 Å². The molecule has 2 atom stereocenters. The number of nitrogens with zero attached hydrogens (tertiary/aromatic N) is 2. The second-order valence-corrected chi connectivity index (χ2v) is 5.32. The summed E-state index contributed by atoms with van der Waals surface area (Å²) in [6.45, 7) is 7.41. The van der Waals surface area contributed by atoms with Gasteiger partial charge in [-0.3, -0.25) is 9.59 Å². The van der Waals surface area contributed by atoms with Crippen molar-refractivity contribution >= 4 is 11.8 Å². The van der Waals surface area contributed by atoms with Crippen molar-refractivity contribution in [2.75, 3.05) is 32.7 Å². The van der Waals surface area contributed by atoms with E-state index in [1.54, 1.807) is 6.92 Å². The van der Waals surface area contributed by atoms with Crippen LogP contribution >= 0.6 is 0 Å². The van der Waals surface area contributed by atoms with Crippen LogP contribution in [0, 0.1) is 5.92 Å². The Kier molecular flexibility index (Phi) is 4.22. The Hall–Kier alpha value is -1.10. The zero-order chi connectivity index (χ0) is 13.1. The molecule has 0 saturated carbocycles. The van der Waals surface area contributed by atoms with Crippen molar-refractivity contribution in [2.24, 2.45) is 5.92 Å². The number of carbonyl (C=O) groups is 2. The summed E-state index contributed by atoms with van der Waals surface area (Å²) in [6, 6.07) is 0.275. The van der Waals surface area contributed by atoms with Gasteiger partial charge < -0.3 is 15.1 Å². The highest BCUT2D eigenvalue weighted by molar-refractivity contribution is 5.80. The zero-order valence-electron chi connectivity index (χ0n) is 11.3. The number of hydrogen-bond acceptors (Lipinski definition) is 3. The molecule has 0 aromatic heterocycles. The maximum atomic E-state index is 12.4. The van der Waals surface area contributed by atoms with Gasteiger partial charge in [0.1, 0.15) is 0 Å². The summed E-state index contributed by atoms with van der Waals surface area (Å²) in [7, 11) is 0. The molecular formula is C13H23N3O2. The highest BCUT2D eigenvalue weighted by Gasteiger charge is 2.32. The smallest absolute Gasteiger partial charge is 0.227 e. The first-order chi connectivity index (χ1) is 8.59. The molecule has 0 aliphatic carbocycles. The van der Waals surface area contributed by atoms with E-state index in [1.165, 1.54) is 0 Å². The quantitative estimate of drug-likeness (QED) is 0.719. The molecule has 0 aromatic carbocycles. The number of amides is 2. The van der Waals surface area contributed by atoms with E-state index >= 15 is 0 Å². The zero-order valence-corrected chi connectivity index (χ0v) is 11.3. The second kappa shape index (κ2) is 5.69. The van der Waals surface area contributed by atoms with Crippen LogP contribution in [-0.2, 0) is 9.59 Å². The normalized spacial score (nSPS) is 29.2. The molecule has 5 nitrogen and oxygen atoms in total. The fraction of sp³-hybridized carbons (Fsp3) is 0.846. The van der Waals surface area contributed by atoms with Gasteiger partial charge in [-0.05, 0) is 26.3 Å². The molecule has 2 heterocycles. The average Bonchev–Trinajstić information content (AvgIpc) is 2.38. The van der Waals surface area contributed by atoms with E-state index in [2.05, 4.69) is 12.2 Å². The fourth-order valence-electron chi connectivity index (χ4n) is 2.86. The van der Waals surface area contributed by atoms with Crippen LogP contribution in [0.1, 0.15) is 26.7 Å². The molecule has 0 radical (unpaired) electrons. The molecule has 0 aromatic rings. The molecule has 0 bridgehead atoms. The lowest BCUT2D eigenvalue weighted by atomic mass is 9.90. The third kappa shape index (κ3) is 2.83. The van der Waals surface area contributed by atoms with Crippen LogP contribution in [0.2, 0.25) is 0 Å². The Labute approximate surface area is 108 Å². The Morgan fingerprint density at radius 2 is 1.72 bits per heavy atom. The van der Waals surface area contributed by atoms with Crippen molar-refractivity contribution in [3.8, 4) is 0 Å². The van der Waals surface area contributed by atoms with E-state index in [-0.39, 0.29) is 23.8 Å². The van der Waals surface area contributed by atoms with Gasteiger partial charge in [-0.15, -0.1) is 0 Å². The summed E-state index contributed by atoms with van der Waals surface area (Å²) in [5.74, 6) is 0.482. The largest absolute Gasteiger partial charge is 0.339 e. The van der Waals surface area contributed by atoms with E-state index in [1.807, 2.05) is 9.80 Å². The van der Waals surface area contributed by atoms with Gasteiger partial charge in [0.25, 0.3) is 0 Å². The molecule has 18 heavy (non-hydrogen) atoms. The van der Waals surface area contributed by atoms with Crippen LogP contribution in [0.3, 0.4) is 0 Å². The molecule has 2 aliphatic heterocycles. The van der Waals surface area contributed by atoms with Crippen LogP contribution in [0.4, 0.5) is 0 Å². The standard InChI is InChI=1S/C13H23N3O2/c1-10-12(4-3-5-14-10)13(18)16-8-6-15(7-9-16)11(2)17/h10,12,14H,3-9H2,1-2H3. The molecule has 2 fully saturated rings. The Bertz CT molecular complexity index is 324. The van der Waals surface area contributed by atoms with Gasteiger partial charge in [0.2, 0.25) is 11.8 Å². The van der Waals surface area contributed by atoms with Crippen LogP contribution in [0.15, 0.2) is 0 Å². The van der Waals surface area contributed by atoms with Crippen LogP contribution < -0.4 is 5.32 Å². The van der Waals surface area contributed by atoms with E-state index < -0.39 is 0 Å². The number of carbonyl (C=O) groups excluding carboxylic acids is 2. The maximum absolute atomic E-state index is 12.4. The maximum Gasteiger partial charge on any atom is 0.227 e. The molecular weight excluding hydrogens is 230 g/mol. The molecule has 0 spiro atoms. The lowest BCUT2D eigenvalue weighted by Gasteiger charge is -2.38.